The smallest absolute Gasteiger partial charge is 0.373 e. The first-order valence-electron chi connectivity index (χ1n) is 6.28. The van der Waals surface area contributed by atoms with Crippen LogP contribution < -0.4 is 5.32 Å². The minimum absolute atomic E-state index is 0.0778. The number of aromatic nitrogens is 2. The van der Waals surface area contributed by atoms with E-state index in [2.05, 4.69) is 15.3 Å². The summed E-state index contributed by atoms with van der Waals surface area (Å²) in [6, 6.07) is 4.12. The summed E-state index contributed by atoms with van der Waals surface area (Å²) >= 11 is 0. The standard InChI is InChI=1S/C14H13F4N3/c1-3-9-7-12(19-2)21-13(20-9)10-5-4-8(15)6-11(10)14(16,17)18/h4-7H,3H2,1-2H3,(H,19,20,21). The summed E-state index contributed by atoms with van der Waals surface area (Å²) in [6.45, 7) is 1.83. The molecular formula is C14H13F4N3. The van der Waals surface area contributed by atoms with Crippen LogP contribution in [0.15, 0.2) is 24.3 Å². The van der Waals surface area contributed by atoms with E-state index < -0.39 is 17.6 Å². The van der Waals surface area contributed by atoms with Gasteiger partial charge in [0, 0.05) is 24.4 Å². The molecule has 1 N–H and O–H groups in total. The molecule has 0 atom stereocenters. The highest BCUT2D eigenvalue weighted by Crippen LogP contribution is 2.36. The van der Waals surface area contributed by atoms with Gasteiger partial charge in [-0.05, 0) is 24.6 Å². The predicted octanol–water partition coefficient (Wildman–Crippen LogP) is 3.91. The van der Waals surface area contributed by atoms with Crippen molar-refractivity contribution < 1.29 is 17.6 Å². The first kappa shape index (κ1) is 15.2. The average Bonchev–Trinajstić information content (AvgIpc) is 2.45. The van der Waals surface area contributed by atoms with E-state index >= 15 is 0 Å². The molecule has 2 rings (SSSR count). The molecule has 112 valence electrons. The largest absolute Gasteiger partial charge is 0.417 e. The highest BCUT2D eigenvalue weighted by Gasteiger charge is 2.35. The molecule has 1 aromatic carbocycles. The van der Waals surface area contributed by atoms with Crippen LogP contribution in [0, 0.1) is 5.82 Å². The Morgan fingerprint density at radius 3 is 2.43 bits per heavy atom. The Morgan fingerprint density at radius 1 is 1.14 bits per heavy atom. The fourth-order valence-corrected chi connectivity index (χ4v) is 1.87. The van der Waals surface area contributed by atoms with E-state index in [4.69, 9.17) is 0 Å². The summed E-state index contributed by atoms with van der Waals surface area (Å²) < 4.78 is 52.3. The summed E-state index contributed by atoms with van der Waals surface area (Å²) in [5.41, 5.74) is -0.727. The number of halogens is 4. The Balaban J connectivity index is 2.66. The SMILES string of the molecule is CCc1cc(NC)nc(-c2ccc(F)cc2C(F)(F)F)n1. The van der Waals surface area contributed by atoms with Crippen molar-refractivity contribution in [3.05, 3.63) is 41.3 Å². The lowest BCUT2D eigenvalue weighted by Gasteiger charge is -2.13. The van der Waals surface area contributed by atoms with Crippen molar-refractivity contribution in [1.82, 2.24) is 9.97 Å². The van der Waals surface area contributed by atoms with Crippen LogP contribution in [0.4, 0.5) is 23.4 Å². The number of anilines is 1. The topological polar surface area (TPSA) is 37.8 Å². The third-order valence-electron chi connectivity index (χ3n) is 2.93. The zero-order valence-electron chi connectivity index (χ0n) is 11.4. The quantitative estimate of drug-likeness (QED) is 0.873. The van der Waals surface area contributed by atoms with E-state index in [1.54, 1.807) is 13.1 Å². The lowest BCUT2D eigenvalue weighted by Crippen LogP contribution is -2.10. The minimum Gasteiger partial charge on any atom is -0.373 e. The zero-order chi connectivity index (χ0) is 15.6. The van der Waals surface area contributed by atoms with Gasteiger partial charge in [-0.2, -0.15) is 13.2 Å². The highest BCUT2D eigenvalue weighted by atomic mass is 19.4. The van der Waals surface area contributed by atoms with Gasteiger partial charge >= 0.3 is 6.18 Å². The summed E-state index contributed by atoms with van der Waals surface area (Å²) in [5.74, 6) is -0.619. The molecule has 1 heterocycles. The Hall–Kier alpha value is -2.18. The fourth-order valence-electron chi connectivity index (χ4n) is 1.87. The lowest BCUT2D eigenvalue weighted by molar-refractivity contribution is -0.137. The molecule has 0 aliphatic carbocycles. The van der Waals surface area contributed by atoms with Gasteiger partial charge in [0.25, 0.3) is 0 Å². The molecule has 0 fully saturated rings. The van der Waals surface area contributed by atoms with Gasteiger partial charge in [-0.3, -0.25) is 0 Å². The van der Waals surface area contributed by atoms with Crippen molar-refractivity contribution >= 4 is 5.82 Å². The molecule has 0 saturated carbocycles. The second kappa shape index (κ2) is 5.67. The van der Waals surface area contributed by atoms with Crippen molar-refractivity contribution in [1.29, 1.82) is 0 Å². The van der Waals surface area contributed by atoms with Gasteiger partial charge in [0.15, 0.2) is 5.82 Å². The number of alkyl halides is 3. The van der Waals surface area contributed by atoms with Crippen molar-refractivity contribution in [2.45, 2.75) is 19.5 Å². The molecule has 0 spiro atoms. The number of rotatable bonds is 3. The molecule has 21 heavy (non-hydrogen) atoms. The Bertz CT molecular complexity index is 631. The number of nitrogens with zero attached hydrogens (tertiary/aromatic N) is 2. The molecule has 0 bridgehead atoms. The van der Waals surface area contributed by atoms with Crippen LogP contribution in [0.1, 0.15) is 18.2 Å². The lowest BCUT2D eigenvalue weighted by atomic mass is 10.1. The number of aryl methyl sites for hydroxylation is 1. The van der Waals surface area contributed by atoms with Gasteiger partial charge in [-0.15, -0.1) is 0 Å². The van der Waals surface area contributed by atoms with Gasteiger partial charge < -0.3 is 5.32 Å². The van der Waals surface area contributed by atoms with Crippen LogP contribution >= 0.6 is 0 Å². The van der Waals surface area contributed by atoms with Gasteiger partial charge in [0.1, 0.15) is 11.6 Å². The molecule has 2 aromatic rings. The summed E-state index contributed by atoms with van der Waals surface area (Å²) in [4.78, 5) is 8.13. The van der Waals surface area contributed by atoms with Crippen LogP contribution in [-0.4, -0.2) is 17.0 Å². The van der Waals surface area contributed by atoms with Gasteiger partial charge in [0.05, 0.1) is 5.56 Å². The minimum atomic E-state index is -4.68. The van der Waals surface area contributed by atoms with E-state index in [0.717, 1.165) is 12.1 Å². The van der Waals surface area contributed by atoms with Crippen molar-refractivity contribution in [3.63, 3.8) is 0 Å². The average molecular weight is 299 g/mol. The maximum Gasteiger partial charge on any atom is 0.417 e. The van der Waals surface area contributed by atoms with Crippen LogP contribution in [0.25, 0.3) is 11.4 Å². The first-order chi connectivity index (χ1) is 9.85. The molecule has 0 amide bonds. The van der Waals surface area contributed by atoms with Crippen LogP contribution in [0.2, 0.25) is 0 Å². The summed E-state index contributed by atoms with van der Waals surface area (Å²) in [7, 11) is 1.61. The van der Waals surface area contributed by atoms with E-state index in [1.807, 2.05) is 6.92 Å². The van der Waals surface area contributed by atoms with E-state index in [9.17, 15) is 17.6 Å². The van der Waals surface area contributed by atoms with Gasteiger partial charge in [-0.1, -0.05) is 6.92 Å². The van der Waals surface area contributed by atoms with Crippen LogP contribution in [0.5, 0.6) is 0 Å². The number of hydrogen-bond donors (Lipinski definition) is 1. The second-order valence-electron chi connectivity index (χ2n) is 4.36. The van der Waals surface area contributed by atoms with E-state index in [1.165, 1.54) is 0 Å². The Morgan fingerprint density at radius 2 is 1.86 bits per heavy atom. The van der Waals surface area contributed by atoms with E-state index in [0.29, 0.717) is 24.0 Å². The Labute approximate surface area is 119 Å². The third kappa shape index (κ3) is 3.29. The van der Waals surface area contributed by atoms with Crippen molar-refractivity contribution in [2.75, 3.05) is 12.4 Å². The zero-order valence-corrected chi connectivity index (χ0v) is 11.4. The first-order valence-corrected chi connectivity index (χ1v) is 6.28. The van der Waals surface area contributed by atoms with Crippen LogP contribution in [-0.2, 0) is 12.6 Å². The molecule has 0 radical (unpaired) electrons. The molecule has 0 aliphatic heterocycles. The number of hydrogen-bond acceptors (Lipinski definition) is 3. The van der Waals surface area contributed by atoms with Crippen LogP contribution in [0.3, 0.4) is 0 Å². The van der Waals surface area contributed by atoms with Gasteiger partial charge in [-0.25, -0.2) is 14.4 Å². The molecule has 0 aliphatic rings. The molecule has 7 heteroatoms. The molecule has 1 aromatic heterocycles. The maximum atomic E-state index is 13.1. The third-order valence-corrected chi connectivity index (χ3v) is 2.93. The predicted molar refractivity (Wildman–Crippen MR) is 71.4 cm³/mol. The monoisotopic (exact) mass is 299 g/mol. The molecule has 0 unspecified atom stereocenters. The van der Waals surface area contributed by atoms with Crippen molar-refractivity contribution in [3.8, 4) is 11.4 Å². The molecule has 0 saturated heterocycles. The number of benzene rings is 1. The van der Waals surface area contributed by atoms with Gasteiger partial charge in [0.2, 0.25) is 0 Å². The summed E-state index contributed by atoms with van der Waals surface area (Å²) in [5, 5.41) is 2.77. The Kier molecular flexibility index (Phi) is 4.11. The number of nitrogens with one attached hydrogen (secondary N) is 1. The fraction of sp³-hybridized carbons (Fsp3) is 0.286. The normalized spacial score (nSPS) is 11.5. The maximum absolute atomic E-state index is 13.1. The molecular weight excluding hydrogens is 286 g/mol. The van der Waals surface area contributed by atoms with Crippen molar-refractivity contribution in [2.24, 2.45) is 0 Å². The highest BCUT2D eigenvalue weighted by molar-refractivity contribution is 5.63. The van der Waals surface area contributed by atoms with E-state index in [-0.39, 0.29) is 11.4 Å². The second-order valence-corrected chi connectivity index (χ2v) is 4.36. The summed E-state index contributed by atoms with van der Waals surface area (Å²) in [6.07, 6.45) is -4.13. The molecule has 3 nitrogen and oxygen atoms in total.